The van der Waals surface area contributed by atoms with Crippen molar-refractivity contribution in [3.05, 3.63) is 53.1 Å². The summed E-state index contributed by atoms with van der Waals surface area (Å²) in [5, 5.41) is 1.11. The Bertz CT molecular complexity index is 607. The maximum absolute atomic E-state index is 12.2. The lowest BCUT2D eigenvalue weighted by atomic mass is 10.1. The number of nitrogens with two attached hydrogens (primary N) is 1. The molecule has 0 radical (unpaired) electrons. The van der Waals surface area contributed by atoms with E-state index in [4.69, 9.17) is 5.73 Å². The van der Waals surface area contributed by atoms with Gasteiger partial charge in [0.1, 0.15) is 0 Å². The lowest BCUT2D eigenvalue weighted by Gasteiger charge is -2.10. The number of rotatable bonds is 0. The topological polar surface area (TPSA) is 26.0 Å². The van der Waals surface area contributed by atoms with Crippen molar-refractivity contribution in [3.8, 4) is 0 Å². The second-order valence-electron chi connectivity index (χ2n) is 4.55. The third-order valence-corrected chi connectivity index (χ3v) is 4.28. The van der Waals surface area contributed by atoms with Gasteiger partial charge in [-0.3, -0.25) is 0 Å². The van der Waals surface area contributed by atoms with Gasteiger partial charge in [0.2, 0.25) is 0 Å². The SMILES string of the molecule is Cc1cccc(C(F)(F)F)c1S.Cc1cccc(N)c1P. The molecule has 1 atom stereocenters. The highest BCUT2D eigenvalue weighted by Crippen LogP contribution is 2.34. The lowest BCUT2D eigenvalue weighted by molar-refractivity contribution is -0.139. The quantitative estimate of drug-likeness (QED) is 0.418. The van der Waals surface area contributed by atoms with Gasteiger partial charge in [0, 0.05) is 10.6 Å². The maximum atomic E-state index is 12.2. The van der Waals surface area contributed by atoms with Crippen molar-refractivity contribution >= 4 is 32.9 Å². The monoisotopic (exact) mass is 331 g/mol. The number of hydrogen-bond donors (Lipinski definition) is 2. The van der Waals surface area contributed by atoms with Gasteiger partial charge in [-0.05, 0) is 42.4 Å². The predicted molar refractivity (Wildman–Crippen MR) is 88.4 cm³/mol. The molecule has 2 N–H and O–H groups in total. The van der Waals surface area contributed by atoms with Crippen LogP contribution in [0.2, 0.25) is 0 Å². The highest BCUT2D eigenvalue weighted by molar-refractivity contribution is 7.80. The van der Waals surface area contributed by atoms with Crippen molar-refractivity contribution in [2.45, 2.75) is 24.9 Å². The molecule has 0 saturated carbocycles. The summed E-state index contributed by atoms with van der Waals surface area (Å²) < 4.78 is 36.5. The van der Waals surface area contributed by atoms with Crippen molar-refractivity contribution in [1.82, 2.24) is 0 Å². The molecule has 0 aliphatic carbocycles. The Kier molecular flexibility index (Phi) is 6.11. The van der Waals surface area contributed by atoms with Crippen LogP contribution in [0.3, 0.4) is 0 Å². The van der Waals surface area contributed by atoms with Crippen molar-refractivity contribution < 1.29 is 13.2 Å². The van der Waals surface area contributed by atoms with E-state index in [9.17, 15) is 13.2 Å². The minimum absolute atomic E-state index is 0.00463. The van der Waals surface area contributed by atoms with Gasteiger partial charge in [-0.1, -0.05) is 24.3 Å². The highest BCUT2D eigenvalue weighted by atomic mass is 32.1. The van der Waals surface area contributed by atoms with Crippen molar-refractivity contribution in [2.24, 2.45) is 0 Å². The van der Waals surface area contributed by atoms with Crippen molar-refractivity contribution in [3.63, 3.8) is 0 Å². The van der Waals surface area contributed by atoms with Gasteiger partial charge in [0.25, 0.3) is 0 Å². The standard InChI is InChI=1S/C8H7F3S.C7H10NP/c1-5-3-2-4-6(7(5)12)8(9,10)11;1-5-3-2-4-6(8)7(5)9/h2-4,12H,1H3;2-4H,8-9H2,1H3. The zero-order valence-electron chi connectivity index (χ0n) is 11.7. The van der Waals surface area contributed by atoms with E-state index < -0.39 is 11.7 Å². The molecule has 2 rings (SSSR count). The van der Waals surface area contributed by atoms with Crippen LogP contribution in [-0.4, -0.2) is 0 Å². The normalized spacial score (nSPS) is 10.8. The number of halogens is 3. The number of anilines is 1. The molecular weight excluding hydrogens is 314 g/mol. The molecule has 2 aromatic rings. The second kappa shape index (κ2) is 7.19. The Labute approximate surface area is 130 Å². The van der Waals surface area contributed by atoms with Crippen LogP contribution in [-0.2, 0) is 6.18 Å². The van der Waals surface area contributed by atoms with Crippen LogP contribution in [0.15, 0.2) is 41.3 Å². The van der Waals surface area contributed by atoms with E-state index in [1.54, 1.807) is 13.0 Å². The third-order valence-electron chi connectivity index (χ3n) is 2.90. The molecule has 0 saturated heterocycles. The molecule has 0 heterocycles. The molecule has 0 aromatic heterocycles. The first kappa shape index (κ1) is 17.9. The lowest BCUT2D eigenvalue weighted by Crippen LogP contribution is -2.06. The van der Waals surface area contributed by atoms with Crippen LogP contribution in [0.4, 0.5) is 18.9 Å². The summed E-state index contributed by atoms with van der Waals surface area (Å²) in [6.45, 7) is 3.64. The number of benzene rings is 2. The first-order valence-corrected chi connectivity index (χ1v) is 7.13. The molecule has 0 spiro atoms. The first-order chi connectivity index (χ1) is 9.64. The largest absolute Gasteiger partial charge is 0.417 e. The molecule has 6 heteroatoms. The highest BCUT2D eigenvalue weighted by Gasteiger charge is 2.32. The molecule has 1 unspecified atom stereocenters. The van der Waals surface area contributed by atoms with Gasteiger partial charge in [-0.25, -0.2) is 0 Å². The van der Waals surface area contributed by atoms with E-state index in [-0.39, 0.29) is 4.90 Å². The number of aryl methyl sites for hydroxylation is 2. The summed E-state index contributed by atoms with van der Waals surface area (Å²) >= 11 is 3.78. The smallest absolute Gasteiger partial charge is 0.398 e. The van der Waals surface area contributed by atoms with Gasteiger partial charge < -0.3 is 5.73 Å². The van der Waals surface area contributed by atoms with Crippen LogP contribution >= 0.6 is 21.9 Å². The van der Waals surface area contributed by atoms with E-state index in [2.05, 4.69) is 21.9 Å². The predicted octanol–water partition coefficient (Wildman–Crippen LogP) is 4.38. The summed E-state index contributed by atoms with van der Waals surface area (Å²) in [4.78, 5) is 0.00463. The Hall–Kier alpha value is -1.19. The van der Waals surface area contributed by atoms with Gasteiger partial charge in [0.05, 0.1) is 5.56 Å². The van der Waals surface area contributed by atoms with Crippen LogP contribution < -0.4 is 11.0 Å². The van der Waals surface area contributed by atoms with E-state index in [1.807, 2.05) is 25.1 Å². The number of thiol groups is 1. The summed E-state index contributed by atoms with van der Waals surface area (Å²) in [6.07, 6.45) is -4.30. The Morgan fingerprint density at radius 1 is 1.00 bits per heavy atom. The molecule has 0 aliphatic rings. The molecule has 0 bridgehead atoms. The maximum Gasteiger partial charge on any atom is 0.417 e. The Morgan fingerprint density at radius 3 is 1.95 bits per heavy atom. The van der Waals surface area contributed by atoms with Gasteiger partial charge >= 0.3 is 6.18 Å². The van der Waals surface area contributed by atoms with Crippen LogP contribution in [0, 0.1) is 13.8 Å². The summed E-state index contributed by atoms with van der Waals surface area (Å²) in [5.41, 5.74) is 7.53. The van der Waals surface area contributed by atoms with Gasteiger partial charge in [0.15, 0.2) is 0 Å². The fraction of sp³-hybridized carbons (Fsp3) is 0.200. The minimum atomic E-state index is -4.30. The van der Waals surface area contributed by atoms with E-state index >= 15 is 0 Å². The van der Waals surface area contributed by atoms with Crippen LogP contribution in [0.1, 0.15) is 16.7 Å². The molecule has 1 nitrogen and oxygen atoms in total. The minimum Gasteiger partial charge on any atom is -0.398 e. The Morgan fingerprint density at radius 2 is 1.52 bits per heavy atom. The molecular formula is C15H17F3NPS. The summed E-state index contributed by atoms with van der Waals surface area (Å²) in [7, 11) is 2.62. The molecule has 0 amide bonds. The zero-order chi connectivity index (χ0) is 16.2. The molecule has 114 valence electrons. The molecule has 0 aliphatic heterocycles. The fourth-order valence-corrected chi connectivity index (χ4v) is 2.06. The molecule has 2 aromatic carbocycles. The third kappa shape index (κ3) is 4.94. The number of nitrogen functional groups attached to an aromatic ring is 1. The van der Waals surface area contributed by atoms with Gasteiger partial charge in [-0.15, -0.1) is 21.9 Å². The van der Waals surface area contributed by atoms with E-state index in [1.165, 1.54) is 11.6 Å². The average Bonchev–Trinajstić information content (AvgIpc) is 2.38. The fourth-order valence-electron chi connectivity index (χ4n) is 1.59. The van der Waals surface area contributed by atoms with E-state index in [0.29, 0.717) is 5.56 Å². The van der Waals surface area contributed by atoms with Crippen molar-refractivity contribution in [2.75, 3.05) is 5.73 Å². The number of hydrogen-bond acceptors (Lipinski definition) is 2. The van der Waals surface area contributed by atoms with Crippen LogP contribution in [0.5, 0.6) is 0 Å². The second-order valence-corrected chi connectivity index (χ2v) is 5.57. The zero-order valence-corrected chi connectivity index (χ0v) is 13.7. The summed E-state index contributed by atoms with van der Waals surface area (Å²) in [6, 6.07) is 9.89. The average molecular weight is 331 g/mol. The van der Waals surface area contributed by atoms with Gasteiger partial charge in [-0.2, -0.15) is 13.2 Å². The van der Waals surface area contributed by atoms with E-state index in [0.717, 1.165) is 17.1 Å². The first-order valence-electron chi connectivity index (χ1n) is 6.11. The van der Waals surface area contributed by atoms with Crippen LogP contribution in [0.25, 0.3) is 0 Å². The summed E-state index contributed by atoms with van der Waals surface area (Å²) in [5.74, 6) is 0. The molecule has 0 fully saturated rings. The molecule has 21 heavy (non-hydrogen) atoms. The van der Waals surface area contributed by atoms with Crippen molar-refractivity contribution in [1.29, 1.82) is 0 Å². The number of alkyl halides is 3. The Balaban J connectivity index is 0.000000219.